The molecule has 0 saturated carbocycles. The van der Waals surface area contributed by atoms with Gasteiger partial charge in [0.1, 0.15) is 5.52 Å². The number of benzene rings is 3. The molecule has 0 aliphatic rings. The van der Waals surface area contributed by atoms with Crippen LogP contribution in [0.15, 0.2) is 84.1 Å². The van der Waals surface area contributed by atoms with Crippen molar-refractivity contribution in [3.63, 3.8) is 0 Å². The first-order valence-electron chi connectivity index (χ1n) is 12.0. The molecule has 0 atom stereocenters. The summed E-state index contributed by atoms with van der Waals surface area (Å²) in [5.41, 5.74) is 4.71. The predicted molar refractivity (Wildman–Crippen MR) is 159 cm³/mol. The molecular formula is C28H20Cl2N6OS2. The third-order valence-corrected chi connectivity index (χ3v) is 8.52. The molecule has 0 radical (unpaired) electrons. The Bertz CT molecular complexity index is 1800. The fraction of sp³-hybridized carbons (Fsp3) is 0.107. The zero-order valence-corrected chi connectivity index (χ0v) is 23.5. The summed E-state index contributed by atoms with van der Waals surface area (Å²) < 4.78 is 2.14. The highest BCUT2D eigenvalue weighted by atomic mass is 35.5. The van der Waals surface area contributed by atoms with E-state index in [0.717, 1.165) is 38.1 Å². The fourth-order valence-corrected chi connectivity index (χ4v) is 6.03. The number of para-hydroxylation sites is 1. The molecule has 1 amide bonds. The van der Waals surface area contributed by atoms with Crippen molar-refractivity contribution in [2.24, 2.45) is 0 Å². The van der Waals surface area contributed by atoms with Crippen LogP contribution in [0.25, 0.3) is 22.1 Å². The monoisotopic (exact) mass is 590 g/mol. The van der Waals surface area contributed by atoms with Gasteiger partial charge >= 0.3 is 0 Å². The first-order valence-corrected chi connectivity index (χ1v) is 14.6. The average molecular weight is 592 g/mol. The van der Waals surface area contributed by atoms with Crippen molar-refractivity contribution in [2.45, 2.75) is 18.1 Å². The van der Waals surface area contributed by atoms with Crippen LogP contribution in [0.3, 0.4) is 0 Å². The summed E-state index contributed by atoms with van der Waals surface area (Å²) in [7, 11) is 0. The molecule has 3 heterocycles. The highest BCUT2D eigenvalue weighted by Crippen LogP contribution is 2.29. The third-order valence-electron chi connectivity index (χ3n) is 6.03. The Kier molecular flexibility index (Phi) is 7.47. The largest absolute Gasteiger partial charge is 0.319 e. The molecule has 7 nitrogen and oxygen atoms in total. The minimum Gasteiger partial charge on any atom is -0.319 e. The molecule has 0 aliphatic carbocycles. The number of hydrogen-bond donors (Lipinski definition) is 1. The van der Waals surface area contributed by atoms with Gasteiger partial charge in [-0.2, -0.15) is 0 Å². The minimum absolute atomic E-state index is 0.133. The minimum atomic E-state index is -0.191. The molecule has 0 fully saturated rings. The van der Waals surface area contributed by atoms with Crippen LogP contribution < -0.4 is 5.32 Å². The van der Waals surface area contributed by atoms with Crippen LogP contribution in [-0.2, 0) is 17.8 Å². The first-order chi connectivity index (χ1) is 19.0. The molecule has 39 heavy (non-hydrogen) atoms. The van der Waals surface area contributed by atoms with Crippen molar-refractivity contribution in [3.8, 4) is 0 Å². The molecule has 0 saturated heterocycles. The fourth-order valence-electron chi connectivity index (χ4n) is 4.26. The highest BCUT2D eigenvalue weighted by Gasteiger charge is 2.16. The molecule has 0 bridgehead atoms. The van der Waals surface area contributed by atoms with E-state index in [-0.39, 0.29) is 11.7 Å². The molecule has 6 aromatic rings. The van der Waals surface area contributed by atoms with Crippen LogP contribution in [0, 0.1) is 0 Å². The van der Waals surface area contributed by atoms with Gasteiger partial charge in [0, 0.05) is 29.4 Å². The van der Waals surface area contributed by atoms with Crippen molar-refractivity contribution in [2.75, 3.05) is 11.1 Å². The second-order valence-corrected chi connectivity index (χ2v) is 11.6. The van der Waals surface area contributed by atoms with E-state index in [9.17, 15) is 4.79 Å². The smallest absolute Gasteiger partial charge is 0.236 e. The van der Waals surface area contributed by atoms with E-state index >= 15 is 0 Å². The number of halogens is 2. The highest BCUT2D eigenvalue weighted by molar-refractivity contribution is 7.99. The standard InChI is InChI=1S/C28H20Cl2N6OS2/c29-21-11-10-18(13-22(21)30)12-19-14-31-27(39-19)32-24(37)16-38-28-33-26-25(34-35-28)20-8-4-5-9-23(20)36(26)15-17-6-2-1-3-7-17/h1-11,13-14H,12,15-16H2,(H,31,32,37). The maximum Gasteiger partial charge on any atom is 0.236 e. The van der Waals surface area contributed by atoms with Gasteiger partial charge in [0.15, 0.2) is 10.8 Å². The van der Waals surface area contributed by atoms with Gasteiger partial charge < -0.3 is 9.88 Å². The molecule has 6 rings (SSSR count). The van der Waals surface area contributed by atoms with E-state index < -0.39 is 0 Å². The number of aromatic nitrogens is 5. The summed E-state index contributed by atoms with van der Waals surface area (Å²) in [5.74, 6) is -0.0580. The SMILES string of the molecule is O=C(CSc1nnc2c3ccccc3n(Cc3ccccc3)c2n1)Nc1ncc(Cc2ccc(Cl)c(Cl)c2)s1. The molecular weight excluding hydrogens is 571 g/mol. The molecule has 194 valence electrons. The van der Waals surface area contributed by atoms with Crippen molar-refractivity contribution in [1.29, 1.82) is 0 Å². The van der Waals surface area contributed by atoms with Crippen LogP contribution in [0.1, 0.15) is 16.0 Å². The lowest BCUT2D eigenvalue weighted by atomic mass is 10.1. The second-order valence-electron chi connectivity index (χ2n) is 8.75. The summed E-state index contributed by atoms with van der Waals surface area (Å²) in [6.07, 6.45) is 2.40. The maximum absolute atomic E-state index is 12.7. The van der Waals surface area contributed by atoms with E-state index in [2.05, 4.69) is 43.3 Å². The zero-order valence-electron chi connectivity index (χ0n) is 20.3. The number of anilines is 1. The van der Waals surface area contributed by atoms with E-state index in [1.165, 1.54) is 23.1 Å². The number of fused-ring (bicyclic) bond motifs is 3. The number of rotatable bonds is 8. The molecule has 3 aromatic carbocycles. The van der Waals surface area contributed by atoms with E-state index in [1.807, 2.05) is 48.5 Å². The lowest BCUT2D eigenvalue weighted by Crippen LogP contribution is -2.14. The third kappa shape index (κ3) is 5.77. The lowest BCUT2D eigenvalue weighted by Gasteiger charge is -2.07. The molecule has 1 N–H and O–H groups in total. The van der Waals surface area contributed by atoms with Gasteiger partial charge in [-0.15, -0.1) is 21.5 Å². The summed E-state index contributed by atoms with van der Waals surface area (Å²) in [6.45, 7) is 0.656. The molecule has 11 heteroatoms. The molecule has 3 aromatic heterocycles. The van der Waals surface area contributed by atoms with Gasteiger partial charge in [-0.1, -0.05) is 89.6 Å². The Hall–Kier alpha value is -3.50. The summed E-state index contributed by atoms with van der Waals surface area (Å²) >= 11 is 14.8. The summed E-state index contributed by atoms with van der Waals surface area (Å²) in [6, 6.07) is 23.8. The van der Waals surface area contributed by atoms with E-state index in [0.29, 0.717) is 33.3 Å². The number of amides is 1. The summed E-state index contributed by atoms with van der Waals surface area (Å²) in [5, 5.41) is 14.6. The second kappa shape index (κ2) is 11.3. The van der Waals surface area contributed by atoms with Crippen molar-refractivity contribution < 1.29 is 4.79 Å². The van der Waals surface area contributed by atoms with Crippen LogP contribution in [0.2, 0.25) is 10.0 Å². The summed E-state index contributed by atoms with van der Waals surface area (Å²) in [4.78, 5) is 22.8. The Morgan fingerprint density at radius 1 is 0.949 bits per heavy atom. The van der Waals surface area contributed by atoms with Gasteiger partial charge in [0.2, 0.25) is 11.1 Å². The molecule has 0 unspecified atom stereocenters. The van der Waals surface area contributed by atoms with Gasteiger partial charge in [-0.05, 0) is 29.3 Å². The lowest BCUT2D eigenvalue weighted by molar-refractivity contribution is -0.113. The number of thiazole rings is 1. The average Bonchev–Trinajstić information content (AvgIpc) is 3.52. The zero-order chi connectivity index (χ0) is 26.8. The number of hydrogen-bond acceptors (Lipinski definition) is 7. The normalized spacial score (nSPS) is 11.3. The Morgan fingerprint density at radius 2 is 1.77 bits per heavy atom. The van der Waals surface area contributed by atoms with Crippen LogP contribution in [0.4, 0.5) is 5.13 Å². The van der Waals surface area contributed by atoms with Crippen molar-refractivity contribution >= 4 is 79.4 Å². The van der Waals surface area contributed by atoms with Gasteiger partial charge in [0.05, 0.1) is 21.3 Å². The predicted octanol–water partition coefficient (Wildman–Crippen LogP) is 7.11. The number of nitrogens with zero attached hydrogens (tertiary/aromatic N) is 5. The van der Waals surface area contributed by atoms with E-state index in [4.69, 9.17) is 28.2 Å². The Balaban J connectivity index is 1.15. The number of thioether (sulfide) groups is 1. The number of carbonyl (C=O) groups is 1. The number of nitrogens with one attached hydrogen (secondary N) is 1. The first kappa shape index (κ1) is 25.8. The van der Waals surface area contributed by atoms with Crippen LogP contribution in [0.5, 0.6) is 0 Å². The number of carbonyl (C=O) groups excluding carboxylic acids is 1. The van der Waals surface area contributed by atoms with Crippen molar-refractivity contribution in [1.82, 2.24) is 24.7 Å². The van der Waals surface area contributed by atoms with E-state index in [1.54, 1.807) is 12.3 Å². The Morgan fingerprint density at radius 3 is 2.62 bits per heavy atom. The van der Waals surface area contributed by atoms with Crippen LogP contribution >= 0.6 is 46.3 Å². The van der Waals surface area contributed by atoms with Gasteiger partial charge in [-0.25, -0.2) is 9.97 Å². The van der Waals surface area contributed by atoms with Gasteiger partial charge in [-0.3, -0.25) is 4.79 Å². The topological polar surface area (TPSA) is 85.6 Å². The van der Waals surface area contributed by atoms with Crippen molar-refractivity contribution in [3.05, 3.63) is 105 Å². The van der Waals surface area contributed by atoms with Crippen LogP contribution in [-0.4, -0.2) is 36.4 Å². The maximum atomic E-state index is 12.7. The molecule has 0 spiro atoms. The molecule has 0 aliphatic heterocycles. The Labute approximate surface area is 242 Å². The quantitative estimate of drug-likeness (QED) is 0.190. The van der Waals surface area contributed by atoms with Gasteiger partial charge in [0.25, 0.3) is 0 Å².